The monoisotopic (exact) mass is 497 g/mol. The van der Waals surface area contributed by atoms with Gasteiger partial charge in [0.15, 0.2) is 0 Å². The molecular formula is C27H25Cl2NO4. The minimum absolute atomic E-state index is 0.206. The van der Waals surface area contributed by atoms with Gasteiger partial charge in [-0.15, -0.1) is 0 Å². The molecule has 4 aromatic rings. The number of hydrogen-bond donors (Lipinski definition) is 0. The third kappa shape index (κ3) is 4.72. The minimum atomic E-state index is -0.374. The number of rotatable bonds is 8. The normalized spacial score (nSPS) is 11.0. The van der Waals surface area contributed by atoms with Gasteiger partial charge in [-0.2, -0.15) is 0 Å². The van der Waals surface area contributed by atoms with Gasteiger partial charge in [-0.1, -0.05) is 29.3 Å². The van der Waals surface area contributed by atoms with Crippen LogP contribution >= 0.6 is 23.2 Å². The molecule has 0 saturated heterocycles. The Morgan fingerprint density at radius 1 is 0.882 bits per heavy atom. The summed E-state index contributed by atoms with van der Waals surface area (Å²) in [5.74, 6) is 1.01. The molecule has 176 valence electrons. The van der Waals surface area contributed by atoms with Crippen molar-refractivity contribution in [3.8, 4) is 17.2 Å². The SMILES string of the molecule is CCOC(=O)c1c(C)n(-c2ccc(OCC)cc2)c2ccc(OCc3c(Cl)cccc3Cl)cc12. The van der Waals surface area contributed by atoms with Crippen molar-refractivity contribution < 1.29 is 19.0 Å². The molecule has 5 nitrogen and oxygen atoms in total. The molecule has 0 atom stereocenters. The highest BCUT2D eigenvalue weighted by Crippen LogP contribution is 2.34. The van der Waals surface area contributed by atoms with Crippen LogP contribution in [0.25, 0.3) is 16.6 Å². The number of fused-ring (bicyclic) bond motifs is 1. The van der Waals surface area contributed by atoms with Crippen LogP contribution in [0.4, 0.5) is 0 Å². The summed E-state index contributed by atoms with van der Waals surface area (Å²) in [6, 6.07) is 18.8. The molecule has 0 aliphatic heterocycles. The van der Waals surface area contributed by atoms with Crippen molar-refractivity contribution in [2.75, 3.05) is 13.2 Å². The summed E-state index contributed by atoms with van der Waals surface area (Å²) >= 11 is 12.6. The van der Waals surface area contributed by atoms with Crippen LogP contribution in [0, 0.1) is 6.92 Å². The van der Waals surface area contributed by atoms with E-state index >= 15 is 0 Å². The van der Waals surface area contributed by atoms with Gasteiger partial charge in [0.05, 0.1) is 24.3 Å². The lowest BCUT2D eigenvalue weighted by Gasteiger charge is -2.11. The summed E-state index contributed by atoms with van der Waals surface area (Å²) < 4.78 is 19.0. The number of nitrogens with zero attached hydrogens (tertiary/aromatic N) is 1. The summed E-state index contributed by atoms with van der Waals surface area (Å²) in [5, 5.41) is 1.82. The molecule has 7 heteroatoms. The number of carbonyl (C=O) groups excluding carboxylic acids is 1. The van der Waals surface area contributed by atoms with E-state index in [1.54, 1.807) is 25.1 Å². The Balaban J connectivity index is 1.77. The number of esters is 1. The van der Waals surface area contributed by atoms with Crippen molar-refractivity contribution in [1.29, 1.82) is 0 Å². The van der Waals surface area contributed by atoms with Gasteiger partial charge in [-0.25, -0.2) is 4.79 Å². The van der Waals surface area contributed by atoms with Gasteiger partial charge < -0.3 is 18.8 Å². The first-order valence-electron chi connectivity index (χ1n) is 11.1. The van der Waals surface area contributed by atoms with Crippen molar-refractivity contribution in [3.63, 3.8) is 0 Å². The van der Waals surface area contributed by atoms with Crippen LogP contribution in [0.3, 0.4) is 0 Å². The van der Waals surface area contributed by atoms with Crippen LogP contribution in [-0.4, -0.2) is 23.8 Å². The van der Waals surface area contributed by atoms with E-state index in [0.29, 0.717) is 33.5 Å². The maximum absolute atomic E-state index is 12.9. The van der Waals surface area contributed by atoms with E-state index in [4.69, 9.17) is 37.4 Å². The zero-order valence-electron chi connectivity index (χ0n) is 19.2. The van der Waals surface area contributed by atoms with Gasteiger partial charge in [-0.05, 0) is 75.4 Å². The molecule has 3 aromatic carbocycles. The standard InChI is InChI=1S/C27H25Cl2NO4/c1-4-32-19-11-9-18(10-12-19)30-17(3)26(27(31)33-5-2)21-15-20(13-14-25(21)30)34-16-22-23(28)7-6-8-24(22)29/h6-15H,4-5,16H2,1-3H3. The Hall–Kier alpha value is -3.15. The maximum atomic E-state index is 12.9. The first-order valence-corrected chi connectivity index (χ1v) is 11.8. The summed E-state index contributed by atoms with van der Waals surface area (Å²) in [6.45, 7) is 6.74. The fraction of sp³-hybridized carbons (Fsp3) is 0.222. The molecule has 0 saturated carbocycles. The van der Waals surface area contributed by atoms with Crippen LogP contribution in [-0.2, 0) is 11.3 Å². The van der Waals surface area contributed by atoms with Gasteiger partial charge in [-0.3, -0.25) is 0 Å². The fourth-order valence-electron chi connectivity index (χ4n) is 3.97. The molecular weight excluding hydrogens is 473 g/mol. The zero-order valence-corrected chi connectivity index (χ0v) is 20.7. The molecule has 0 unspecified atom stereocenters. The largest absolute Gasteiger partial charge is 0.494 e. The second-order valence-corrected chi connectivity index (χ2v) is 8.43. The molecule has 0 N–H and O–H groups in total. The zero-order chi connectivity index (χ0) is 24.2. The molecule has 0 amide bonds. The smallest absolute Gasteiger partial charge is 0.340 e. The minimum Gasteiger partial charge on any atom is -0.494 e. The molecule has 4 rings (SSSR count). The topological polar surface area (TPSA) is 49.7 Å². The van der Waals surface area contributed by atoms with E-state index < -0.39 is 0 Å². The first kappa shape index (κ1) is 24.0. The molecule has 0 aliphatic carbocycles. The summed E-state index contributed by atoms with van der Waals surface area (Å²) in [5.41, 5.74) is 3.78. The number of hydrogen-bond acceptors (Lipinski definition) is 4. The number of halogens is 2. The third-order valence-corrected chi connectivity index (χ3v) is 6.21. The number of benzene rings is 3. The van der Waals surface area contributed by atoms with Crippen LogP contribution in [0.2, 0.25) is 10.0 Å². The van der Waals surface area contributed by atoms with Crippen molar-refractivity contribution in [2.24, 2.45) is 0 Å². The third-order valence-electron chi connectivity index (χ3n) is 5.51. The lowest BCUT2D eigenvalue weighted by molar-refractivity contribution is 0.0527. The highest BCUT2D eigenvalue weighted by atomic mass is 35.5. The summed E-state index contributed by atoms with van der Waals surface area (Å²) in [4.78, 5) is 12.9. The highest BCUT2D eigenvalue weighted by molar-refractivity contribution is 6.35. The Bertz CT molecular complexity index is 1310. The molecule has 0 spiro atoms. The quantitative estimate of drug-likeness (QED) is 0.238. The predicted molar refractivity (Wildman–Crippen MR) is 136 cm³/mol. The van der Waals surface area contributed by atoms with Crippen LogP contribution in [0.15, 0.2) is 60.7 Å². The Morgan fingerprint density at radius 2 is 1.56 bits per heavy atom. The Kier molecular flexibility index (Phi) is 7.35. The fourth-order valence-corrected chi connectivity index (χ4v) is 4.47. The van der Waals surface area contributed by atoms with Gasteiger partial charge in [0, 0.05) is 32.4 Å². The second kappa shape index (κ2) is 10.4. The van der Waals surface area contributed by atoms with Crippen LogP contribution < -0.4 is 9.47 Å². The lowest BCUT2D eigenvalue weighted by atomic mass is 10.1. The van der Waals surface area contributed by atoms with Crippen molar-refractivity contribution >= 4 is 40.1 Å². The lowest BCUT2D eigenvalue weighted by Crippen LogP contribution is -2.07. The maximum Gasteiger partial charge on any atom is 0.340 e. The molecule has 0 radical (unpaired) electrons. The molecule has 1 heterocycles. The van der Waals surface area contributed by atoms with Crippen molar-refractivity contribution in [2.45, 2.75) is 27.4 Å². The van der Waals surface area contributed by atoms with E-state index in [0.717, 1.165) is 28.0 Å². The predicted octanol–water partition coefficient (Wildman–Crippen LogP) is 7.40. The van der Waals surface area contributed by atoms with Crippen molar-refractivity contribution in [3.05, 3.63) is 87.5 Å². The molecule has 0 bridgehead atoms. The van der Waals surface area contributed by atoms with Crippen molar-refractivity contribution in [1.82, 2.24) is 4.57 Å². The van der Waals surface area contributed by atoms with E-state index in [1.807, 2.05) is 60.9 Å². The summed E-state index contributed by atoms with van der Waals surface area (Å²) in [7, 11) is 0. The highest BCUT2D eigenvalue weighted by Gasteiger charge is 2.22. The first-order chi connectivity index (χ1) is 16.4. The molecule has 1 aromatic heterocycles. The Morgan fingerprint density at radius 3 is 2.21 bits per heavy atom. The van der Waals surface area contributed by atoms with Gasteiger partial charge in [0.2, 0.25) is 0 Å². The second-order valence-electron chi connectivity index (χ2n) is 7.61. The van der Waals surface area contributed by atoms with Gasteiger partial charge >= 0.3 is 5.97 Å². The van der Waals surface area contributed by atoms with Gasteiger partial charge in [0.1, 0.15) is 18.1 Å². The number of carbonyl (C=O) groups is 1. The van der Waals surface area contributed by atoms with E-state index in [-0.39, 0.29) is 19.2 Å². The number of ether oxygens (including phenoxy) is 3. The van der Waals surface area contributed by atoms with Crippen LogP contribution in [0.1, 0.15) is 35.5 Å². The van der Waals surface area contributed by atoms with E-state index in [1.165, 1.54) is 0 Å². The summed E-state index contributed by atoms with van der Waals surface area (Å²) in [6.07, 6.45) is 0. The van der Waals surface area contributed by atoms with E-state index in [9.17, 15) is 4.79 Å². The van der Waals surface area contributed by atoms with Crippen LogP contribution in [0.5, 0.6) is 11.5 Å². The molecule has 0 aliphatic rings. The molecule has 0 fully saturated rings. The average molecular weight is 498 g/mol. The Labute approximate surface area is 208 Å². The van der Waals surface area contributed by atoms with E-state index in [2.05, 4.69) is 0 Å². The number of aromatic nitrogens is 1. The van der Waals surface area contributed by atoms with Gasteiger partial charge in [0.25, 0.3) is 0 Å². The molecule has 34 heavy (non-hydrogen) atoms. The average Bonchev–Trinajstić information content (AvgIpc) is 3.11.